The molecule has 0 bridgehead atoms. The van der Waals surface area contributed by atoms with Gasteiger partial charge in [0.05, 0.1) is 6.61 Å². The van der Waals surface area contributed by atoms with Crippen molar-refractivity contribution in [3.8, 4) is 17.1 Å². The first-order chi connectivity index (χ1) is 11.1. The van der Waals surface area contributed by atoms with Crippen LogP contribution in [0.1, 0.15) is 6.42 Å². The van der Waals surface area contributed by atoms with Crippen molar-refractivity contribution in [3.63, 3.8) is 0 Å². The molecule has 0 aliphatic carbocycles. The van der Waals surface area contributed by atoms with Crippen LogP contribution in [0.25, 0.3) is 22.4 Å². The highest BCUT2D eigenvalue weighted by atomic mass is 35.5. The zero-order valence-corrected chi connectivity index (χ0v) is 13.8. The van der Waals surface area contributed by atoms with Crippen molar-refractivity contribution in [1.82, 2.24) is 25.1 Å². The van der Waals surface area contributed by atoms with Gasteiger partial charge in [-0.15, -0.1) is 0 Å². The second-order valence-electron chi connectivity index (χ2n) is 5.49. The molecule has 0 atom stereocenters. The molecule has 0 saturated heterocycles. The summed E-state index contributed by atoms with van der Waals surface area (Å²) >= 11 is 6.16. The van der Waals surface area contributed by atoms with E-state index in [9.17, 15) is 0 Å². The number of fused-ring (bicyclic) bond motifs is 1. The Morgan fingerprint density at radius 1 is 1.26 bits per heavy atom. The van der Waals surface area contributed by atoms with Gasteiger partial charge >= 0.3 is 0 Å². The summed E-state index contributed by atoms with van der Waals surface area (Å²) in [6.07, 6.45) is 2.68. The quantitative estimate of drug-likeness (QED) is 0.555. The molecule has 23 heavy (non-hydrogen) atoms. The highest BCUT2D eigenvalue weighted by molar-refractivity contribution is 6.33. The fraction of sp³-hybridized carbons (Fsp3) is 0.312. The van der Waals surface area contributed by atoms with Crippen LogP contribution in [0.5, 0.6) is 5.75 Å². The summed E-state index contributed by atoms with van der Waals surface area (Å²) < 4.78 is 5.79. The molecule has 0 radical (unpaired) electrons. The second-order valence-corrected chi connectivity index (χ2v) is 5.85. The SMILES string of the molecule is CN(C)CCCOc1cccc(-c2nc(Cl)c3n[nH]cc3n2)c1. The van der Waals surface area contributed by atoms with Gasteiger partial charge in [0.25, 0.3) is 0 Å². The van der Waals surface area contributed by atoms with Crippen LogP contribution >= 0.6 is 11.6 Å². The first-order valence-corrected chi connectivity index (χ1v) is 7.76. The maximum atomic E-state index is 6.16. The normalized spacial score (nSPS) is 11.3. The molecule has 120 valence electrons. The summed E-state index contributed by atoms with van der Waals surface area (Å²) in [5.41, 5.74) is 2.13. The fourth-order valence-electron chi connectivity index (χ4n) is 2.23. The smallest absolute Gasteiger partial charge is 0.161 e. The molecule has 6 nitrogen and oxygen atoms in total. The molecule has 1 N–H and O–H groups in total. The van der Waals surface area contributed by atoms with E-state index >= 15 is 0 Å². The molecule has 0 fully saturated rings. The van der Waals surface area contributed by atoms with Crippen molar-refractivity contribution < 1.29 is 4.74 Å². The average Bonchev–Trinajstić information content (AvgIpc) is 3.01. The minimum Gasteiger partial charge on any atom is -0.494 e. The largest absolute Gasteiger partial charge is 0.494 e. The zero-order chi connectivity index (χ0) is 16.2. The van der Waals surface area contributed by atoms with Gasteiger partial charge in [0, 0.05) is 18.3 Å². The highest BCUT2D eigenvalue weighted by Crippen LogP contribution is 2.25. The Hall–Kier alpha value is -2.18. The predicted molar refractivity (Wildman–Crippen MR) is 90.8 cm³/mol. The third-order valence-corrected chi connectivity index (χ3v) is 3.62. The summed E-state index contributed by atoms with van der Waals surface area (Å²) in [5, 5.41) is 7.11. The molecular weight excluding hydrogens is 314 g/mol. The van der Waals surface area contributed by atoms with Gasteiger partial charge in [0.2, 0.25) is 0 Å². The standard InChI is InChI=1S/C16H18ClN5O/c1-22(2)7-4-8-23-12-6-3-5-11(9-12)16-19-13-10-18-21-14(13)15(17)20-16/h3,5-6,9-10H,4,7-8H2,1-2H3,(H,18,21). The van der Waals surface area contributed by atoms with E-state index in [2.05, 4.69) is 25.1 Å². The number of H-pyrrole nitrogens is 1. The first kappa shape index (κ1) is 15.7. The first-order valence-electron chi connectivity index (χ1n) is 7.38. The number of rotatable bonds is 6. The average molecular weight is 332 g/mol. The molecule has 1 aromatic carbocycles. The molecule has 2 heterocycles. The molecule has 0 aliphatic rings. The number of ether oxygens (including phenoxy) is 1. The number of hydrogen-bond donors (Lipinski definition) is 1. The Balaban J connectivity index is 1.78. The summed E-state index contributed by atoms with van der Waals surface area (Å²) in [5.74, 6) is 1.36. The van der Waals surface area contributed by atoms with Gasteiger partial charge in [-0.2, -0.15) is 5.10 Å². The van der Waals surface area contributed by atoms with Crippen LogP contribution in [0.4, 0.5) is 0 Å². The number of nitrogens with zero attached hydrogens (tertiary/aromatic N) is 4. The maximum Gasteiger partial charge on any atom is 0.161 e. The van der Waals surface area contributed by atoms with Crippen LogP contribution in [0.15, 0.2) is 30.5 Å². The molecular formula is C16H18ClN5O. The Labute approximate surface area is 139 Å². The number of nitrogens with one attached hydrogen (secondary N) is 1. The lowest BCUT2D eigenvalue weighted by atomic mass is 10.2. The van der Waals surface area contributed by atoms with Crippen LogP contribution in [-0.2, 0) is 0 Å². The molecule has 0 spiro atoms. The van der Waals surface area contributed by atoms with Gasteiger partial charge in [-0.1, -0.05) is 23.7 Å². The molecule has 0 aliphatic heterocycles. The van der Waals surface area contributed by atoms with Gasteiger partial charge in [-0.3, -0.25) is 5.10 Å². The highest BCUT2D eigenvalue weighted by Gasteiger charge is 2.10. The van der Waals surface area contributed by atoms with Crippen molar-refractivity contribution >= 4 is 22.6 Å². The van der Waals surface area contributed by atoms with Gasteiger partial charge in [-0.05, 0) is 32.6 Å². The van der Waals surface area contributed by atoms with Crippen LogP contribution < -0.4 is 4.74 Å². The topological polar surface area (TPSA) is 66.9 Å². The summed E-state index contributed by atoms with van der Waals surface area (Å²) in [6.45, 7) is 1.67. The summed E-state index contributed by atoms with van der Waals surface area (Å²) in [7, 11) is 4.10. The number of benzene rings is 1. The predicted octanol–water partition coefficient (Wildman–Crippen LogP) is 3.00. The van der Waals surface area contributed by atoms with Crippen molar-refractivity contribution in [2.75, 3.05) is 27.2 Å². The third kappa shape index (κ3) is 3.78. The molecule has 3 rings (SSSR count). The van der Waals surface area contributed by atoms with E-state index in [4.69, 9.17) is 16.3 Å². The molecule has 0 unspecified atom stereocenters. The van der Waals surface area contributed by atoms with Crippen molar-refractivity contribution in [2.24, 2.45) is 0 Å². The van der Waals surface area contributed by atoms with Crippen molar-refractivity contribution in [3.05, 3.63) is 35.6 Å². The number of aromatic amines is 1. The Morgan fingerprint density at radius 3 is 2.96 bits per heavy atom. The van der Waals surface area contributed by atoms with Crippen molar-refractivity contribution in [1.29, 1.82) is 0 Å². The molecule has 0 amide bonds. The minimum atomic E-state index is 0.337. The van der Waals surface area contributed by atoms with E-state index in [1.54, 1.807) is 6.20 Å². The van der Waals surface area contributed by atoms with E-state index in [1.807, 2.05) is 38.4 Å². The minimum absolute atomic E-state index is 0.337. The Kier molecular flexibility index (Phi) is 4.73. The van der Waals surface area contributed by atoms with Crippen LogP contribution in [-0.4, -0.2) is 52.3 Å². The Bertz CT molecular complexity index is 802. The lowest BCUT2D eigenvalue weighted by molar-refractivity contribution is 0.281. The second kappa shape index (κ2) is 6.93. The maximum absolute atomic E-state index is 6.16. The van der Waals surface area contributed by atoms with Crippen LogP contribution in [0, 0.1) is 0 Å². The number of hydrogen-bond acceptors (Lipinski definition) is 5. The van der Waals surface area contributed by atoms with Gasteiger partial charge < -0.3 is 9.64 Å². The molecule has 3 aromatic rings. The molecule has 2 aromatic heterocycles. The van der Waals surface area contributed by atoms with Crippen LogP contribution in [0.2, 0.25) is 5.15 Å². The van der Waals surface area contributed by atoms with E-state index in [1.165, 1.54) is 0 Å². The van der Waals surface area contributed by atoms with E-state index < -0.39 is 0 Å². The van der Waals surface area contributed by atoms with Crippen LogP contribution in [0.3, 0.4) is 0 Å². The third-order valence-electron chi connectivity index (χ3n) is 3.36. The van der Waals surface area contributed by atoms with Gasteiger partial charge in [-0.25, -0.2) is 9.97 Å². The fourth-order valence-corrected chi connectivity index (χ4v) is 2.45. The van der Waals surface area contributed by atoms with E-state index in [0.29, 0.717) is 28.6 Å². The lowest BCUT2D eigenvalue weighted by Crippen LogP contribution is -2.15. The monoisotopic (exact) mass is 331 g/mol. The van der Waals surface area contributed by atoms with Gasteiger partial charge in [0.15, 0.2) is 11.0 Å². The Morgan fingerprint density at radius 2 is 2.13 bits per heavy atom. The van der Waals surface area contributed by atoms with E-state index in [0.717, 1.165) is 24.3 Å². The lowest BCUT2D eigenvalue weighted by Gasteiger charge is -2.11. The molecule has 7 heteroatoms. The van der Waals surface area contributed by atoms with Gasteiger partial charge in [0.1, 0.15) is 16.8 Å². The number of aromatic nitrogens is 4. The molecule has 0 saturated carbocycles. The van der Waals surface area contributed by atoms with Crippen molar-refractivity contribution in [2.45, 2.75) is 6.42 Å². The van der Waals surface area contributed by atoms with E-state index in [-0.39, 0.29) is 0 Å². The zero-order valence-electron chi connectivity index (χ0n) is 13.1. The summed E-state index contributed by atoms with van der Waals surface area (Å²) in [6, 6.07) is 7.71. The number of halogens is 1. The summed E-state index contributed by atoms with van der Waals surface area (Å²) in [4.78, 5) is 10.9.